The van der Waals surface area contributed by atoms with E-state index in [1.165, 1.54) is 19.3 Å². The molecule has 2 aliphatic rings. The number of hydrogen-bond donors (Lipinski definition) is 1. The molecule has 1 aliphatic carbocycles. The first-order valence-electron chi connectivity index (χ1n) is 6.88. The Labute approximate surface area is 107 Å². The Hall–Kier alpha value is -1.29. The lowest BCUT2D eigenvalue weighted by Gasteiger charge is -2.36. The highest BCUT2D eigenvalue weighted by molar-refractivity contribution is 5.94. The summed E-state index contributed by atoms with van der Waals surface area (Å²) in [5, 5.41) is 0. The van der Waals surface area contributed by atoms with Gasteiger partial charge in [-0.25, -0.2) is 0 Å². The van der Waals surface area contributed by atoms with Crippen LogP contribution in [0.15, 0.2) is 16.7 Å². The molecule has 1 unspecified atom stereocenters. The van der Waals surface area contributed by atoms with Crippen LogP contribution < -0.4 is 5.73 Å². The Bertz CT molecular complexity index is 437. The molecule has 0 bridgehead atoms. The number of carbonyl (C=O) groups excluding carboxylic acids is 1. The van der Waals surface area contributed by atoms with Crippen molar-refractivity contribution < 1.29 is 9.21 Å². The van der Waals surface area contributed by atoms with Gasteiger partial charge in [-0.2, -0.15) is 0 Å². The maximum Gasteiger partial charge on any atom is 0.257 e. The molecule has 2 N–H and O–H groups in total. The third-order valence-corrected chi connectivity index (χ3v) is 4.36. The van der Waals surface area contributed by atoms with Gasteiger partial charge in [-0.05, 0) is 37.7 Å². The Morgan fingerprint density at radius 3 is 2.83 bits per heavy atom. The van der Waals surface area contributed by atoms with E-state index < -0.39 is 0 Å². The number of nitrogens with two attached hydrogens (primary N) is 1. The second kappa shape index (κ2) is 4.76. The van der Waals surface area contributed by atoms with E-state index in [1.807, 2.05) is 0 Å². The van der Waals surface area contributed by atoms with Crippen LogP contribution in [0.1, 0.15) is 48.2 Å². The highest BCUT2D eigenvalue weighted by atomic mass is 16.3. The van der Waals surface area contributed by atoms with Crippen LogP contribution in [0.2, 0.25) is 0 Å². The number of hydrogen-bond acceptors (Lipinski definition) is 3. The zero-order valence-corrected chi connectivity index (χ0v) is 10.6. The first-order valence-corrected chi connectivity index (χ1v) is 6.88. The van der Waals surface area contributed by atoms with Crippen LogP contribution in [0.4, 0.5) is 0 Å². The number of amides is 1. The number of likely N-dealkylation sites (tertiary alicyclic amines) is 1. The van der Waals surface area contributed by atoms with Gasteiger partial charge in [0.25, 0.3) is 5.91 Å². The van der Waals surface area contributed by atoms with Gasteiger partial charge in [0, 0.05) is 12.6 Å². The van der Waals surface area contributed by atoms with Gasteiger partial charge >= 0.3 is 0 Å². The van der Waals surface area contributed by atoms with Crippen LogP contribution in [0.25, 0.3) is 0 Å². The Balaban J connectivity index is 1.74. The topological polar surface area (TPSA) is 59.5 Å². The molecule has 4 heteroatoms. The predicted octanol–water partition coefficient (Wildman–Crippen LogP) is 2.14. The molecule has 3 rings (SSSR count). The Morgan fingerprint density at radius 2 is 2.22 bits per heavy atom. The van der Waals surface area contributed by atoms with Crippen molar-refractivity contribution in [3.8, 4) is 0 Å². The van der Waals surface area contributed by atoms with Crippen molar-refractivity contribution in [3.63, 3.8) is 0 Å². The van der Waals surface area contributed by atoms with Crippen molar-refractivity contribution in [1.82, 2.24) is 4.90 Å². The molecule has 2 fully saturated rings. The minimum atomic E-state index is 0.118. The van der Waals surface area contributed by atoms with Gasteiger partial charge in [-0.3, -0.25) is 4.79 Å². The minimum Gasteiger partial charge on any atom is -0.467 e. The lowest BCUT2D eigenvalue weighted by Crippen LogP contribution is -2.42. The third kappa shape index (κ3) is 1.94. The predicted molar refractivity (Wildman–Crippen MR) is 68.0 cm³/mol. The summed E-state index contributed by atoms with van der Waals surface area (Å²) in [5.41, 5.74) is 6.16. The van der Waals surface area contributed by atoms with Crippen LogP contribution in [0, 0.1) is 5.92 Å². The van der Waals surface area contributed by atoms with Crippen LogP contribution in [0.5, 0.6) is 0 Å². The molecule has 1 aliphatic heterocycles. The number of furan rings is 1. The molecular formula is C14H20N2O2. The summed E-state index contributed by atoms with van der Waals surface area (Å²) in [6, 6.07) is 2.24. The van der Waals surface area contributed by atoms with Crippen molar-refractivity contribution in [2.75, 3.05) is 6.54 Å². The van der Waals surface area contributed by atoms with E-state index in [9.17, 15) is 4.79 Å². The van der Waals surface area contributed by atoms with Crippen LogP contribution in [-0.2, 0) is 6.54 Å². The maximum atomic E-state index is 12.5. The molecule has 4 nitrogen and oxygen atoms in total. The first kappa shape index (κ1) is 11.8. The minimum absolute atomic E-state index is 0.118. The normalized spacial score (nSPS) is 24.3. The zero-order valence-electron chi connectivity index (χ0n) is 10.6. The standard InChI is InChI=1S/C14H20N2O2/c15-8-12-7-11(9-18-12)14(17)16-6-2-5-13(16)10-3-1-4-10/h7,9-10,13H,1-6,8,15H2. The van der Waals surface area contributed by atoms with E-state index in [0.29, 0.717) is 23.9 Å². The Morgan fingerprint density at radius 1 is 1.39 bits per heavy atom. The van der Waals surface area contributed by atoms with Crippen molar-refractivity contribution >= 4 is 5.91 Å². The van der Waals surface area contributed by atoms with Crippen LogP contribution >= 0.6 is 0 Å². The smallest absolute Gasteiger partial charge is 0.257 e. The van der Waals surface area contributed by atoms with E-state index in [0.717, 1.165) is 25.3 Å². The average molecular weight is 248 g/mol. The molecule has 18 heavy (non-hydrogen) atoms. The van der Waals surface area contributed by atoms with E-state index in [-0.39, 0.29) is 5.91 Å². The summed E-state index contributed by atoms with van der Waals surface area (Å²) in [6.45, 7) is 1.24. The fourth-order valence-electron chi connectivity index (χ4n) is 3.13. The van der Waals surface area contributed by atoms with E-state index >= 15 is 0 Å². The van der Waals surface area contributed by atoms with Crippen LogP contribution in [-0.4, -0.2) is 23.4 Å². The molecule has 0 spiro atoms. The first-order chi connectivity index (χ1) is 8.79. The summed E-state index contributed by atoms with van der Waals surface area (Å²) in [5.74, 6) is 1.53. The molecule has 1 aromatic rings. The summed E-state index contributed by atoms with van der Waals surface area (Å²) in [6.07, 6.45) is 7.74. The van der Waals surface area contributed by atoms with Crippen molar-refractivity contribution in [1.29, 1.82) is 0 Å². The molecule has 1 atom stereocenters. The van der Waals surface area contributed by atoms with Crippen molar-refractivity contribution in [2.45, 2.75) is 44.7 Å². The lowest BCUT2D eigenvalue weighted by atomic mass is 9.78. The number of carbonyl (C=O) groups is 1. The lowest BCUT2D eigenvalue weighted by molar-refractivity contribution is 0.0625. The maximum absolute atomic E-state index is 12.5. The molecule has 1 saturated carbocycles. The van der Waals surface area contributed by atoms with Crippen molar-refractivity contribution in [2.24, 2.45) is 11.7 Å². The molecule has 1 amide bonds. The van der Waals surface area contributed by atoms with Gasteiger partial charge in [0.15, 0.2) is 0 Å². The quantitative estimate of drug-likeness (QED) is 0.891. The molecule has 1 saturated heterocycles. The van der Waals surface area contributed by atoms with E-state index in [2.05, 4.69) is 4.90 Å². The van der Waals surface area contributed by atoms with Crippen LogP contribution in [0.3, 0.4) is 0 Å². The summed E-state index contributed by atoms with van der Waals surface area (Å²) in [7, 11) is 0. The van der Waals surface area contributed by atoms with Gasteiger partial charge in [0.1, 0.15) is 12.0 Å². The van der Waals surface area contributed by atoms with E-state index in [4.69, 9.17) is 10.2 Å². The van der Waals surface area contributed by atoms with Gasteiger partial charge in [0.2, 0.25) is 0 Å². The Kier molecular flexibility index (Phi) is 3.12. The van der Waals surface area contributed by atoms with Crippen molar-refractivity contribution in [3.05, 3.63) is 23.7 Å². The molecule has 1 aromatic heterocycles. The largest absolute Gasteiger partial charge is 0.467 e. The number of rotatable bonds is 3. The fraction of sp³-hybridized carbons (Fsp3) is 0.643. The fourth-order valence-corrected chi connectivity index (χ4v) is 3.13. The highest BCUT2D eigenvalue weighted by Crippen LogP contribution is 2.37. The van der Waals surface area contributed by atoms with Gasteiger partial charge in [0.05, 0.1) is 12.1 Å². The molecule has 98 valence electrons. The summed E-state index contributed by atoms with van der Waals surface area (Å²) in [4.78, 5) is 14.5. The van der Waals surface area contributed by atoms with Gasteiger partial charge in [-0.1, -0.05) is 6.42 Å². The second-order valence-corrected chi connectivity index (χ2v) is 5.40. The number of nitrogens with zero attached hydrogens (tertiary/aromatic N) is 1. The highest BCUT2D eigenvalue weighted by Gasteiger charge is 2.37. The van der Waals surface area contributed by atoms with E-state index in [1.54, 1.807) is 12.3 Å². The molecule has 2 heterocycles. The summed E-state index contributed by atoms with van der Waals surface area (Å²) >= 11 is 0. The molecule has 0 radical (unpaired) electrons. The van der Waals surface area contributed by atoms with Gasteiger partial charge < -0.3 is 15.1 Å². The molecule has 0 aromatic carbocycles. The monoisotopic (exact) mass is 248 g/mol. The zero-order chi connectivity index (χ0) is 12.5. The SMILES string of the molecule is NCc1cc(C(=O)N2CCCC2C2CCC2)co1. The summed E-state index contributed by atoms with van der Waals surface area (Å²) < 4.78 is 5.26. The molecular weight excluding hydrogens is 228 g/mol. The van der Waals surface area contributed by atoms with Gasteiger partial charge in [-0.15, -0.1) is 0 Å². The third-order valence-electron chi connectivity index (χ3n) is 4.36. The second-order valence-electron chi connectivity index (χ2n) is 5.40. The average Bonchev–Trinajstić information content (AvgIpc) is 2.94.